The summed E-state index contributed by atoms with van der Waals surface area (Å²) in [7, 11) is 4.89. The topological polar surface area (TPSA) is 47.9 Å². The second kappa shape index (κ2) is 5.16. The molecule has 0 heterocycles. The number of methoxy groups -OCH3 is 3. The fraction of sp³-hybridized carbons (Fsp3) is 0.571. The highest BCUT2D eigenvalue weighted by Crippen LogP contribution is 2.41. The fourth-order valence-electron chi connectivity index (χ4n) is 2.09. The van der Waals surface area contributed by atoms with Gasteiger partial charge in [0.15, 0.2) is 11.5 Å². The van der Waals surface area contributed by atoms with Crippen molar-refractivity contribution < 1.29 is 19.3 Å². The molecule has 1 saturated carbocycles. The highest BCUT2D eigenvalue weighted by atomic mass is 16.5. The molecule has 1 N–H and O–H groups in total. The Labute approximate surface area is 107 Å². The molecule has 1 aromatic rings. The van der Waals surface area contributed by atoms with E-state index in [4.69, 9.17) is 14.2 Å². The lowest BCUT2D eigenvalue weighted by molar-refractivity contribution is 0.148. The maximum atomic E-state index is 10.1. The summed E-state index contributed by atoms with van der Waals surface area (Å²) in [5, 5.41) is 10.1. The Morgan fingerprint density at radius 3 is 2.06 bits per heavy atom. The molecule has 0 saturated heterocycles. The van der Waals surface area contributed by atoms with Crippen molar-refractivity contribution in [3.05, 3.63) is 23.3 Å². The first-order valence-corrected chi connectivity index (χ1v) is 6.07. The zero-order chi connectivity index (χ0) is 13.2. The van der Waals surface area contributed by atoms with Gasteiger partial charge in [-0.3, -0.25) is 0 Å². The molecule has 4 heteroatoms. The maximum absolute atomic E-state index is 10.1. The van der Waals surface area contributed by atoms with Gasteiger partial charge in [0.1, 0.15) is 0 Å². The van der Waals surface area contributed by atoms with Crippen LogP contribution in [-0.2, 0) is 17.8 Å². The predicted octanol–water partition coefficient (Wildman–Crippen LogP) is 1.92. The van der Waals surface area contributed by atoms with Gasteiger partial charge in [-0.05, 0) is 36.1 Å². The summed E-state index contributed by atoms with van der Waals surface area (Å²) in [4.78, 5) is 0. The molecule has 4 nitrogen and oxygen atoms in total. The molecule has 1 aliphatic rings. The van der Waals surface area contributed by atoms with Gasteiger partial charge in [-0.25, -0.2) is 0 Å². The van der Waals surface area contributed by atoms with Gasteiger partial charge in [0.2, 0.25) is 0 Å². The van der Waals surface area contributed by atoms with Crippen molar-refractivity contribution in [1.82, 2.24) is 0 Å². The predicted molar refractivity (Wildman–Crippen MR) is 68.1 cm³/mol. The summed E-state index contributed by atoms with van der Waals surface area (Å²) in [5.41, 5.74) is 1.58. The molecule has 0 spiro atoms. The van der Waals surface area contributed by atoms with Crippen LogP contribution in [0.15, 0.2) is 12.1 Å². The van der Waals surface area contributed by atoms with Gasteiger partial charge < -0.3 is 19.3 Å². The highest BCUT2D eigenvalue weighted by Gasteiger charge is 2.40. The molecule has 100 valence electrons. The minimum absolute atomic E-state index is 0.506. The molecule has 0 aromatic heterocycles. The Morgan fingerprint density at radius 2 is 1.61 bits per heavy atom. The largest absolute Gasteiger partial charge is 0.493 e. The summed E-state index contributed by atoms with van der Waals surface area (Å²) in [5.74, 6) is 1.38. The van der Waals surface area contributed by atoms with Crippen LogP contribution >= 0.6 is 0 Å². The monoisotopic (exact) mass is 252 g/mol. The lowest BCUT2D eigenvalue weighted by atomic mass is 10.00. The van der Waals surface area contributed by atoms with Crippen molar-refractivity contribution in [2.24, 2.45) is 0 Å². The summed E-state index contributed by atoms with van der Waals surface area (Å²) in [6.45, 7) is 0.506. The van der Waals surface area contributed by atoms with E-state index < -0.39 is 5.60 Å². The molecule has 0 atom stereocenters. The van der Waals surface area contributed by atoms with Gasteiger partial charge in [0, 0.05) is 13.5 Å². The minimum atomic E-state index is -0.526. The van der Waals surface area contributed by atoms with E-state index in [1.165, 1.54) is 0 Å². The van der Waals surface area contributed by atoms with E-state index in [0.29, 0.717) is 24.5 Å². The second-order valence-corrected chi connectivity index (χ2v) is 4.81. The number of benzene rings is 1. The zero-order valence-electron chi connectivity index (χ0n) is 11.2. The van der Waals surface area contributed by atoms with Crippen LogP contribution in [0.4, 0.5) is 0 Å². The van der Waals surface area contributed by atoms with Gasteiger partial charge >= 0.3 is 0 Å². The Hall–Kier alpha value is -1.26. The van der Waals surface area contributed by atoms with E-state index in [-0.39, 0.29) is 0 Å². The van der Waals surface area contributed by atoms with Crippen molar-refractivity contribution in [2.45, 2.75) is 31.5 Å². The van der Waals surface area contributed by atoms with Crippen molar-refractivity contribution in [1.29, 1.82) is 0 Å². The van der Waals surface area contributed by atoms with Crippen LogP contribution in [0, 0.1) is 0 Å². The van der Waals surface area contributed by atoms with Crippen molar-refractivity contribution >= 4 is 0 Å². The number of ether oxygens (including phenoxy) is 3. The Morgan fingerprint density at radius 1 is 1.06 bits per heavy atom. The van der Waals surface area contributed by atoms with Gasteiger partial charge in [0.25, 0.3) is 0 Å². The molecule has 0 amide bonds. The van der Waals surface area contributed by atoms with Crippen LogP contribution < -0.4 is 9.47 Å². The molecule has 1 aliphatic carbocycles. The van der Waals surface area contributed by atoms with Crippen molar-refractivity contribution in [3.63, 3.8) is 0 Å². The molecule has 18 heavy (non-hydrogen) atoms. The number of rotatable bonds is 6. The molecular weight excluding hydrogens is 232 g/mol. The third-order valence-electron chi connectivity index (χ3n) is 3.35. The summed E-state index contributed by atoms with van der Waals surface area (Å²) < 4.78 is 15.8. The van der Waals surface area contributed by atoms with E-state index in [2.05, 4.69) is 0 Å². The average Bonchev–Trinajstić information content (AvgIpc) is 3.08. The smallest absolute Gasteiger partial charge is 0.161 e. The third-order valence-corrected chi connectivity index (χ3v) is 3.35. The first kappa shape index (κ1) is 13.2. The molecule has 0 bridgehead atoms. The zero-order valence-corrected chi connectivity index (χ0v) is 11.2. The quantitative estimate of drug-likeness (QED) is 0.840. The third kappa shape index (κ3) is 2.76. The van der Waals surface area contributed by atoms with Crippen molar-refractivity contribution in [3.8, 4) is 11.5 Å². The second-order valence-electron chi connectivity index (χ2n) is 4.81. The highest BCUT2D eigenvalue weighted by molar-refractivity contribution is 5.48. The number of hydrogen-bond donors (Lipinski definition) is 1. The van der Waals surface area contributed by atoms with E-state index >= 15 is 0 Å². The summed E-state index contributed by atoms with van der Waals surface area (Å²) in [6.07, 6.45) is 2.38. The SMILES string of the molecule is COCc1cc(OC)c(OC)cc1CC1(O)CC1. The first-order valence-electron chi connectivity index (χ1n) is 6.07. The lowest BCUT2D eigenvalue weighted by Gasteiger charge is -2.16. The standard InChI is InChI=1S/C14H20O4/c1-16-9-11-7-13(18-3)12(17-2)6-10(11)8-14(15)4-5-14/h6-7,15H,4-5,8-9H2,1-3H3. The first-order chi connectivity index (χ1) is 8.61. The molecule has 1 fully saturated rings. The molecule has 2 rings (SSSR count). The fourth-order valence-corrected chi connectivity index (χ4v) is 2.09. The molecule has 1 aromatic carbocycles. The van der Waals surface area contributed by atoms with Gasteiger partial charge in [-0.15, -0.1) is 0 Å². The van der Waals surface area contributed by atoms with E-state index in [9.17, 15) is 5.11 Å². The van der Waals surface area contributed by atoms with Gasteiger partial charge in [-0.1, -0.05) is 0 Å². The molecular formula is C14H20O4. The molecule has 0 aliphatic heterocycles. The normalized spacial score (nSPS) is 16.4. The van der Waals surface area contributed by atoms with Crippen LogP contribution in [0.25, 0.3) is 0 Å². The van der Waals surface area contributed by atoms with E-state index in [1.807, 2.05) is 12.1 Å². The van der Waals surface area contributed by atoms with Gasteiger partial charge in [0.05, 0.1) is 26.4 Å². The van der Waals surface area contributed by atoms with Crippen LogP contribution in [0.1, 0.15) is 24.0 Å². The lowest BCUT2D eigenvalue weighted by Crippen LogP contribution is -2.13. The van der Waals surface area contributed by atoms with Crippen LogP contribution in [0.5, 0.6) is 11.5 Å². The van der Waals surface area contributed by atoms with Gasteiger partial charge in [-0.2, -0.15) is 0 Å². The Balaban J connectivity index is 2.34. The average molecular weight is 252 g/mol. The van der Waals surface area contributed by atoms with E-state index in [1.54, 1.807) is 21.3 Å². The Bertz CT molecular complexity index is 424. The van der Waals surface area contributed by atoms with Crippen molar-refractivity contribution in [2.75, 3.05) is 21.3 Å². The maximum Gasteiger partial charge on any atom is 0.161 e. The summed E-state index contributed by atoms with van der Waals surface area (Å²) >= 11 is 0. The number of hydrogen-bond acceptors (Lipinski definition) is 4. The van der Waals surface area contributed by atoms with E-state index in [0.717, 1.165) is 24.0 Å². The van der Waals surface area contributed by atoms with Crippen LogP contribution in [0.3, 0.4) is 0 Å². The minimum Gasteiger partial charge on any atom is -0.493 e. The van der Waals surface area contributed by atoms with Crippen LogP contribution in [0.2, 0.25) is 0 Å². The Kier molecular flexibility index (Phi) is 3.78. The number of aliphatic hydroxyl groups is 1. The molecule has 0 unspecified atom stereocenters. The molecule has 0 radical (unpaired) electrons. The summed E-state index contributed by atoms with van der Waals surface area (Å²) in [6, 6.07) is 3.85. The van der Waals surface area contributed by atoms with Crippen LogP contribution in [-0.4, -0.2) is 32.0 Å².